The molecule has 1 aromatic carbocycles. The summed E-state index contributed by atoms with van der Waals surface area (Å²) in [4.78, 5) is 30.6. The summed E-state index contributed by atoms with van der Waals surface area (Å²) >= 11 is 7.56. The molecule has 0 unspecified atom stereocenters. The zero-order chi connectivity index (χ0) is 19.4. The van der Waals surface area contributed by atoms with E-state index in [1.165, 1.54) is 0 Å². The van der Waals surface area contributed by atoms with Crippen LogP contribution < -0.4 is 5.32 Å². The van der Waals surface area contributed by atoms with Crippen molar-refractivity contribution in [2.24, 2.45) is 0 Å². The van der Waals surface area contributed by atoms with Crippen molar-refractivity contribution in [1.29, 1.82) is 0 Å². The highest BCUT2D eigenvalue weighted by Crippen LogP contribution is 2.30. The average molecular weight is 406 g/mol. The largest absolute Gasteiger partial charge is 0.350 e. The molecular weight excluding hydrogens is 382 g/mol. The van der Waals surface area contributed by atoms with Crippen LogP contribution in [-0.4, -0.2) is 34.3 Å². The van der Waals surface area contributed by atoms with E-state index in [0.29, 0.717) is 37.3 Å². The van der Waals surface area contributed by atoms with Crippen molar-refractivity contribution >= 4 is 34.8 Å². The lowest BCUT2D eigenvalue weighted by Crippen LogP contribution is -2.44. The van der Waals surface area contributed by atoms with Gasteiger partial charge in [0.15, 0.2) is 0 Å². The molecule has 144 valence electrons. The molecule has 0 saturated carbocycles. The van der Waals surface area contributed by atoms with Crippen molar-refractivity contribution in [3.05, 3.63) is 50.9 Å². The van der Waals surface area contributed by atoms with Gasteiger partial charge in [-0.05, 0) is 43.9 Å². The monoisotopic (exact) mass is 405 g/mol. The van der Waals surface area contributed by atoms with Crippen LogP contribution >= 0.6 is 22.9 Å². The summed E-state index contributed by atoms with van der Waals surface area (Å²) in [6, 6.07) is 7.67. The lowest BCUT2D eigenvalue weighted by molar-refractivity contribution is -0.131. The van der Waals surface area contributed by atoms with Crippen LogP contribution in [0.1, 0.15) is 41.9 Å². The van der Waals surface area contributed by atoms with Crippen LogP contribution in [0.25, 0.3) is 0 Å². The van der Waals surface area contributed by atoms with Gasteiger partial charge in [-0.25, -0.2) is 4.98 Å². The van der Waals surface area contributed by atoms with Crippen LogP contribution in [0.4, 0.5) is 0 Å². The number of thiazole rings is 1. The maximum atomic E-state index is 12.6. The molecule has 1 N–H and O–H groups in total. The minimum Gasteiger partial charge on any atom is -0.350 e. The normalized spacial score (nSPS) is 19.1. The van der Waals surface area contributed by atoms with E-state index in [1.54, 1.807) is 23.3 Å². The van der Waals surface area contributed by atoms with Gasteiger partial charge in [0.05, 0.1) is 17.2 Å². The number of nitrogens with one attached hydrogen (secondary N) is 1. The van der Waals surface area contributed by atoms with E-state index in [2.05, 4.69) is 10.3 Å². The van der Waals surface area contributed by atoms with Crippen LogP contribution in [0.2, 0.25) is 5.02 Å². The van der Waals surface area contributed by atoms with Crippen molar-refractivity contribution in [2.75, 3.05) is 7.05 Å². The molecular formula is C20H24ClN3O2S. The zero-order valence-corrected chi connectivity index (χ0v) is 17.2. The predicted octanol–water partition coefficient (Wildman–Crippen LogP) is 3.74. The molecule has 1 aromatic heterocycles. The molecule has 2 aromatic rings. The molecule has 3 rings (SSSR count). The number of halogens is 1. The van der Waals surface area contributed by atoms with Gasteiger partial charge in [0.2, 0.25) is 11.8 Å². The highest BCUT2D eigenvalue weighted by molar-refractivity contribution is 7.09. The van der Waals surface area contributed by atoms with Gasteiger partial charge in [0.1, 0.15) is 0 Å². The average Bonchev–Trinajstić information content (AvgIpc) is 3.21. The van der Waals surface area contributed by atoms with E-state index in [4.69, 9.17) is 11.6 Å². The Labute approximate surface area is 168 Å². The number of carbonyl (C=O) groups is 2. The maximum Gasteiger partial charge on any atom is 0.222 e. The Morgan fingerprint density at radius 3 is 2.70 bits per heavy atom. The molecule has 7 heteroatoms. The second kappa shape index (κ2) is 8.40. The number of aromatic nitrogens is 1. The minimum absolute atomic E-state index is 0.0581. The van der Waals surface area contributed by atoms with Crippen LogP contribution in [0.3, 0.4) is 0 Å². The van der Waals surface area contributed by atoms with Crippen molar-refractivity contribution < 1.29 is 9.59 Å². The Bertz CT molecular complexity index is 821. The summed E-state index contributed by atoms with van der Waals surface area (Å²) < 4.78 is 0. The third-order valence-electron chi connectivity index (χ3n) is 5.00. The highest BCUT2D eigenvalue weighted by atomic mass is 35.5. The Morgan fingerprint density at radius 1 is 1.37 bits per heavy atom. The van der Waals surface area contributed by atoms with Gasteiger partial charge in [-0.2, -0.15) is 0 Å². The topological polar surface area (TPSA) is 62.3 Å². The number of amides is 2. The van der Waals surface area contributed by atoms with Gasteiger partial charge in [-0.1, -0.05) is 23.7 Å². The first-order chi connectivity index (χ1) is 12.8. The molecule has 0 radical (unpaired) electrons. The molecule has 27 heavy (non-hydrogen) atoms. The van der Waals surface area contributed by atoms with Gasteiger partial charge >= 0.3 is 0 Å². The molecule has 2 amide bonds. The first-order valence-corrected chi connectivity index (χ1v) is 10.3. The van der Waals surface area contributed by atoms with E-state index in [9.17, 15) is 9.59 Å². The van der Waals surface area contributed by atoms with E-state index < -0.39 is 0 Å². The summed E-state index contributed by atoms with van der Waals surface area (Å²) in [6.45, 7) is 2.47. The van der Waals surface area contributed by atoms with Gasteiger partial charge in [-0.15, -0.1) is 11.3 Å². The van der Waals surface area contributed by atoms with Crippen LogP contribution in [0.15, 0.2) is 29.6 Å². The van der Waals surface area contributed by atoms with Crippen molar-refractivity contribution in [3.63, 3.8) is 0 Å². The Hall–Kier alpha value is -1.92. The first-order valence-electron chi connectivity index (χ1n) is 9.06. The fourth-order valence-corrected chi connectivity index (χ4v) is 4.25. The first kappa shape index (κ1) is 19.8. The van der Waals surface area contributed by atoms with Crippen LogP contribution in [-0.2, 0) is 22.6 Å². The fraction of sp³-hybridized carbons (Fsp3) is 0.450. The number of hydrogen-bond acceptors (Lipinski definition) is 4. The van der Waals surface area contributed by atoms with Crippen molar-refractivity contribution in [2.45, 2.75) is 51.1 Å². The molecule has 1 aliphatic heterocycles. The molecule has 1 aliphatic rings. The molecule has 2 heterocycles. The van der Waals surface area contributed by atoms with Crippen molar-refractivity contribution in [3.8, 4) is 0 Å². The second-order valence-electron chi connectivity index (χ2n) is 7.24. The zero-order valence-electron chi connectivity index (χ0n) is 15.6. The SMILES string of the molecule is Cc1nc(CN(C)C(=O)CC[C@]2(Cc3ccc(Cl)cc3)CCC(=O)N2)cs1. The molecule has 1 saturated heterocycles. The summed E-state index contributed by atoms with van der Waals surface area (Å²) in [6.07, 6.45) is 2.98. The lowest BCUT2D eigenvalue weighted by Gasteiger charge is -2.30. The van der Waals surface area contributed by atoms with E-state index in [1.807, 2.05) is 36.6 Å². The third-order valence-corrected chi connectivity index (χ3v) is 6.07. The second-order valence-corrected chi connectivity index (χ2v) is 8.74. The van der Waals surface area contributed by atoms with E-state index >= 15 is 0 Å². The number of aryl methyl sites for hydroxylation is 1. The maximum absolute atomic E-state index is 12.6. The highest BCUT2D eigenvalue weighted by Gasteiger charge is 2.38. The van der Waals surface area contributed by atoms with Gasteiger partial charge < -0.3 is 10.2 Å². The van der Waals surface area contributed by atoms with Gasteiger partial charge in [0.25, 0.3) is 0 Å². The molecule has 0 bridgehead atoms. The fourth-order valence-electron chi connectivity index (χ4n) is 3.52. The molecule has 0 spiro atoms. The number of rotatable bonds is 7. The van der Waals surface area contributed by atoms with Gasteiger partial charge in [-0.3, -0.25) is 9.59 Å². The molecule has 1 atom stereocenters. The van der Waals surface area contributed by atoms with Crippen LogP contribution in [0.5, 0.6) is 0 Å². The lowest BCUT2D eigenvalue weighted by atomic mass is 9.85. The standard InChI is InChI=1S/C20H24ClN3O2S/c1-14-22-17(13-27-14)12-24(2)19(26)8-10-20(9-7-18(25)23-20)11-15-3-5-16(21)6-4-15/h3-6,13H,7-12H2,1-2H3,(H,23,25)/t20-/m0/s1. The number of hydrogen-bond donors (Lipinski definition) is 1. The Kier molecular flexibility index (Phi) is 6.17. The third kappa shape index (κ3) is 5.30. The number of benzene rings is 1. The quantitative estimate of drug-likeness (QED) is 0.763. The van der Waals surface area contributed by atoms with Crippen LogP contribution in [0, 0.1) is 6.92 Å². The Balaban J connectivity index is 1.61. The summed E-state index contributed by atoms with van der Waals surface area (Å²) in [7, 11) is 1.80. The number of carbonyl (C=O) groups excluding carboxylic acids is 2. The van der Waals surface area contributed by atoms with E-state index in [0.717, 1.165) is 22.7 Å². The van der Waals surface area contributed by atoms with Gasteiger partial charge in [0, 0.05) is 35.8 Å². The van der Waals surface area contributed by atoms with E-state index in [-0.39, 0.29) is 17.4 Å². The smallest absolute Gasteiger partial charge is 0.222 e. The molecule has 5 nitrogen and oxygen atoms in total. The summed E-state index contributed by atoms with van der Waals surface area (Å²) in [5.41, 5.74) is 1.66. The minimum atomic E-state index is -0.362. The Morgan fingerprint density at radius 2 is 2.11 bits per heavy atom. The summed E-state index contributed by atoms with van der Waals surface area (Å²) in [5.74, 6) is 0.125. The molecule has 1 fully saturated rings. The number of nitrogens with zero attached hydrogens (tertiary/aromatic N) is 2. The summed E-state index contributed by atoms with van der Waals surface area (Å²) in [5, 5.41) is 6.80. The van der Waals surface area contributed by atoms with Crippen molar-refractivity contribution in [1.82, 2.24) is 15.2 Å². The molecule has 0 aliphatic carbocycles. The predicted molar refractivity (Wildman–Crippen MR) is 108 cm³/mol.